The molecule has 0 aliphatic rings. The maximum Gasteiger partial charge on any atom is 0.270 e. The predicted molar refractivity (Wildman–Crippen MR) is 82.4 cm³/mol. The van der Waals surface area contributed by atoms with Crippen molar-refractivity contribution >= 4 is 27.5 Å². The van der Waals surface area contributed by atoms with Crippen LogP contribution >= 0.6 is 15.9 Å². The molecule has 0 aliphatic carbocycles. The topological polar surface area (TPSA) is 72.2 Å². The van der Waals surface area contributed by atoms with Crippen molar-refractivity contribution in [3.63, 3.8) is 0 Å². The highest BCUT2D eigenvalue weighted by Crippen LogP contribution is 2.16. The molecule has 0 aromatic heterocycles. The van der Waals surface area contributed by atoms with Crippen LogP contribution < -0.4 is 5.32 Å². The van der Waals surface area contributed by atoms with Gasteiger partial charge in [0.2, 0.25) is 0 Å². The molecule has 1 N–H and O–H groups in total. The van der Waals surface area contributed by atoms with Crippen LogP contribution in [-0.2, 0) is 0 Å². The molecular formula is C14H19BrN2O3. The zero-order valence-electron chi connectivity index (χ0n) is 11.5. The van der Waals surface area contributed by atoms with Gasteiger partial charge in [0.15, 0.2) is 0 Å². The lowest BCUT2D eigenvalue weighted by atomic mass is 10.1. The number of amides is 1. The lowest BCUT2D eigenvalue weighted by molar-refractivity contribution is -0.384. The highest BCUT2D eigenvalue weighted by atomic mass is 79.9. The van der Waals surface area contributed by atoms with E-state index in [9.17, 15) is 14.9 Å². The molecule has 0 spiro atoms. The van der Waals surface area contributed by atoms with Crippen molar-refractivity contribution in [2.45, 2.75) is 32.6 Å². The van der Waals surface area contributed by atoms with Crippen LogP contribution in [0.2, 0.25) is 0 Å². The van der Waals surface area contributed by atoms with Crippen molar-refractivity contribution in [2.75, 3.05) is 11.9 Å². The second-order valence-corrected chi connectivity index (χ2v) is 5.47. The summed E-state index contributed by atoms with van der Waals surface area (Å²) in [7, 11) is 0. The number of nitrogens with one attached hydrogen (secondary N) is 1. The van der Waals surface area contributed by atoms with Gasteiger partial charge in [0, 0.05) is 29.6 Å². The number of non-ortho nitro benzene ring substituents is 1. The van der Waals surface area contributed by atoms with Gasteiger partial charge in [0.05, 0.1) is 4.92 Å². The molecule has 20 heavy (non-hydrogen) atoms. The molecule has 0 radical (unpaired) electrons. The number of carbonyl (C=O) groups is 1. The number of nitro groups is 1. The van der Waals surface area contributed by atoms with Gasteiger partial charge in [0.1, 0.15) is 0 Å². The van der Waals surface area contributed by atoms with E-state index >= 15 is 0 Å². The van der Waals surface area contributed by atoms with Crippen LogP contribution in [0.1, 0.15) is 41.6 Å². The molecule has 1 amide bonds. The van der Waals surface area contributed by atoms with E-state index in [4.69, 9.17) is 0 Å². The van der Waals surface area contributed by atoms with Crippen molar-refractivity contribution in [1.29, 1.82) is 0 Å². The monoisotopic (exact) mass is 342 g/mol. The zero-order chi connectivity index (χ0) is 15.0. The van der Waals surface area contributed by atoms with Gasteiger partial charge in [-0.1, -0.05) is 28.8 Å². The number of carbonyl (C=O) groups excluding carboxylic acids is 1. The molecule has 110 valence electrons. The number of unbranched alkanes of at least 4 members (excludes halogenated alkanes) is 3. The molecule has 1 rings (SSSR count). The van der Waals surface area contributed by atoms with E-state index < -0.39 is 4.92 Å². The summed E-state index contributed by atoms with van der Waals surface area (Å²) in [6, 6.07) is 4.43. The summed E-state index contributed by atoms with van der Waals surface area (Å²) in [6.07, 6.45) is 4.27. The molecule has 0 heterocycles. The normalized spacial score (nSPS) is 10.3. The summed E-state index contributed by atoms with van der Waals surface area (Å²) < 4.78 is 0. The Labute approximate surface area is 127 Å². The van der Waals surface area contributed by atoms with Crippen LogP contribution in [0.4, 0.5) is 5.69 Å². The van der Waals surface area contributed by atoms with Gasteiger partial charge < -0.3 is 5.32 Å². The molecule has 5 nitrogen and oxygen atoms in total. The Morgan fingerprint density at radius 3 is 2.60 bits per heavy atom. The first-order chi connectivity index (χ1) is 9.54. The van der Waals surface area contributed by atoms with E-state index in [2.05, 4.69) is 21.2 Å². The third-order valence-corrected chi connectivity index (χ3v) is 3.44. The first-order valence-electron chi connectivity index (χ1n) is 6.65. The van der Waals surface area contributed by atoms with E-state index in [1.165, 1.54) is 12.1 Å². The summed E-state index contributed by atoms with van der Waals surface area (Å²) in [6.45, 7) is 2.34. The Morgan fingerprint density at radius 2 is 1.95 bits per heavy atom. The summed E-state index contributed by atoms with van der Waals surface area (Å²) >= 11 is 3.37. The van der Waals surface area contributed by atoms with E-state index in [0.29, 0.717) is 17.7 Å². The van der Waals surface area contributed by atoms with Crippen LogP contribution in [0.5, 0.6) is 0 Å². The van der Waals surface area contributed by atoms with Crippen molar-refractivity contribution in [2.24, 2.45) is 0 Å². The standard InChI is InChI=1S/C14H19BrN2O3/c1-11-8-12(10-13(9-11)17(19)20)14(18)16-7-5-3-2-4-6-15/h8-10H,2-7H2,1H3,(H,16,18). The van der Waals surface area contributed by atoms with Crippen LogP contribution in [-0.4, -0.2) is 22.7 Å². The number of nitrogens with zero attached hydrogens (tertiary/aromatic N) is 1. The molecular weight excluding hydrogens is 324 g/mol. The summed E-state index contributed by atoms with van der Waals surface area (Å²) in [5.41, 5.74) is 1.01. The van der Waals surface area contributed by atoms with E-state index in [1.807, 2.05) is 0 Å². The van der Waals surface area contributed by atoms with Crippen LogP contribution in [0.15, 0.2) is 18.2 Å². The van der Waals surface area contributed by atoms with E-state index in [1.54, 1.807) is 13.0 Å². The molecule has 0 saturated carbocycles. The SMILES string of the molecule is Cc1cc(C(=O)NCCCCCCBr)cc([N+](=O)[O-])c1. The minimum Gasteiger partial charge on any atom is -0.352 e. The van der Waals surface area contributed by atoms with Crippen LogP contribution in [0, 0.1) is 17.0 Å². The van der Waals surface area contributed by atoms with Gasteiger partial charge in [-0.25, -0.2) is 0 Å². The molecule has 6 heteroatoms. The predicted octanol–water partition coefficient (Wildman–Crippen LogP) is 3.59. The fourth-order valence-corrected chi connectivity index (χ4v) is 2.27. The average Bonchev–Trinajstić information content (AvgIpc) is 2.41. The molecule has 0 bridgehead atoms. The fourth-order valence-electron chi connectivity index (χ4n) is 1.88. The van der Waals surface area contributed by atoms with Crippen LogP contribution in [0.25, 0.3) is 0 Å². The number of hydrogen-bond acceptors (Lipinski definition) is 3. The van der Waals surface area contributed by atoms with E-state index in [-0.39, 0.29) is 11.6 Å². The highest BCUT2D eigenvalue weighted by molar-refractivity contribution is 9.09. The van der Waals surface area contributed by atoms with Gasteiger partial charge in [-0.2, -0.15) is 0 Å². The molecule has 0 aliphatic heterocycles. The van der Waals surface area contributed by atoms with Gasteiger partial charge in [-0.3, -0.25) is 14.9 Å². The Hall–Kier alpha value is -1.43. The number of halogens is 1. The van der Waals surface area contributed by atoms with Crippen molar-refractivity contribution in [3.05, 3.63) is 39.4 Å². The number of aryl methyl sites for hydroxylation is 1. The Morgan fingerprint density at radius 1 is 1.25 bits per heavy atom. The lowest BCUT2D eigenvalue weighted by Gasteiger charge is -2.06. The third-order valence-electron chi connectivity index (χ3n) is 2.88. The number of rotatable bonds is 8. The minimum atomic E-state index is -0.482. The van der Waals surface area contributed by atoms with Gasteiger partial charge in [-0.15, -0.1) is 0 Å². The first-order valence-corrected chi connectivity index (χ1v) is 7.77. The Balaban J connectivity index is 2.49. The number of nitro benzene ring substituents is 1. The highest BCUT2D eigenvalue weighted by Gasteiger charge is 2.12. The largest absolute Gasteiger partial charge is 0.352 e. The van der Waals surface area contributed by atoms with Gasteiger partial charge in [-0.05, 0) is 31.4 Å². The number of alkyl halides is 1. The molecule has 0 fully saturated rings. The molecule has 0 atom stereocenters. The molecule has 0 saturated heterocycles. The smallest absolute Gasteiger partial charge is 0.270 e. The first kappa shape index (κ1) is 16.6. The van der Waals surface area contributed by atoms with E-state index in [0.717, 1.165) is 31.0 Å². The zero-order valence-corrected chi connectivity index (χ0v) is 13.1. The number of benzene rings is 1. The molecule has 1 aromatic carbocycles. The van der Waals surface area contributed by atoms with Crippen molar-refractivity contribution in [3.8, 4) is 0 Å². The molecule has 0 unspecified atom stereocenters. The van der Waals surface area contributed by atoms with Crippen molar-refractivity contribution in [1.82, 2.24) is 5.32 Å². The minimum absolute atomic E-state index is 0.0486. The fraction of sp³-hybridized carbons (Fsp3) is 0.500. The second-order valence-electron chi connectivity index (χ2n) is 4.67. The molecule has 1 aromatic rings. The lowest BCUT2D eigenvalue weighted by Crippen LogP contribution is -2.24. The van der Waals surface area contributed by atoms with Gasteiger partial charge in [0.25, 0.3) is 11.6 Å². The maximum absolute atomic E-state index is 11.9. The van der Waals surface area contributed by atoms with Crippen LogP contribution in [0.3, 0.4) is 0 Å². The summed E-state index contributed by atoms with van der Waals surface area (Å²) in [5.74, 6) is -0.253. The summed E-state index contributed by atoms with van der Waals surface area (Å²) in [5, 5.41) is 14.6. The quantitative estimate of drug-likeness (QED) is 0.339. The van der Waals surface area contributed by atoms with Crippen molar-refractivity contribution < 1.29 is 9.72 Å². The summed E-state index contributed by atoms with van der Waals surface area (Å²) in [4.78, 5) is 22.2. The second kappa shape index (κ2) is 8.68. The average molecular weight is 343 g/mol. The van der Waals surface area contributed by atoms with Gasteiger partial charge >= 0.3 is 0 Å². The third kappa shape index (κ3) is 5.69. The maximum atomic E-state index is 11.9. The number of hydrogen-bond donors (Lipinski definition) is 1. The Kier molecular flexibility index (Phi) is 7.22. The Bertz CT molecular complexity index is 477.